The van der Waals surface area contributed by atoms with E-state index in [4.69, 9.17) is 9.47 Å². The highest BCUT2D eigenvalue weighted by Crippen LogP contribution is 2.12. The maximum atomic E-state index is 11.8. The molecule has 1 heterocycles. The summed E-state index contributed by atoms with van der Waals surface area (Å²) in [7, 11) is 1.65. The second-order valence-electron chi connectivity index (χ2n) is 4.88. The van der Waals surface area contributed by atoms with E-state index in [9.17, 15) is 4.79 Å². The van der Waals surface area contributed by atoms with Crippen molar-refractivity contribution in [2.24, 2.45) is 0 Å². The third-order valence-electron chi connectivity index (χ3n) is 3.30. The Hall–Kier alpha value is -1.30. The smallest absolute Gasteiger partial charge is 0.221 e. The number of methoxy groups -OCH3 is 1. The first-order valence-corrected chi connectivity index (χ1v) is 6.98. The lowest BCUT2D eigenvalue weighted by atomic mass is 10.1. The zero-order valence-electron chi connectivity index (χ0n) is 12.3. The highest BCUT2D eigenvalue weighted by molar-refractivity contribution is 5.85. The Balaban J connectivity index is 0.00000220. The van der Waals surface area contributed by atoms with Crippen LogP contribution in [0.2, 0.25) is 0 Å². The number of hydrogen-bond donors (Lipinski definition) is 2. The number of carbonyl (C=O) groups is 1. The normalized spacial score (nSPS) is 17.7. The Labute approximate surface area is 131 Å². The van der Waals surface area contributed by atoms with Gasteiger partial charge in [-0.3, -0.25) is 4.79 Å². The Bertz CT molecular complexity index is 437. The third kappa shape index (κ3) is 6.33. The predicted molar refractivity (Wildman–Crippen MR) is 84.2 cm³/mol. The molecule has 1 saturated heterocycles. The Kier molecular flexibility index (Phi) is 8.12. The lowest BCUT2D eigenvalue weighted by Gasteiger charge is -2.23. The standard InChI is InChI=1S/C15H22N2O3.ClH/c1-19-14-4-2-3-12(9-14)5-6-17-15(18)10-13-11-20-8-7-16-13;/h2-4,9,13,16H,5-8,10-11H2,1H3,(H,17,18);1H. The largest absolute Gasteiger partial charge is 0.497 e. The Morgan fingerprint density at radius 2 is 2.38 bits per heavy atom. The summed E-state index contributed by atoms with van der Waals surface area (Å²) in [6.45, 7) is 2.80. The van der Waals surface area contributed by atoms with E-state index in [0.29, 0.717) is 19.6 Å². The summed E-state index contributed by atoms with van der Waals surface area (Å²) in [6, 6.07) is 8.03. The summed E-state index contributed by atoms with van der Waals surface area (Å²) < 4.78 is 10.5. The minimum Gasteiger partial charge on any atom is -0.497 e. The molecule has 118 valence electrons. The lowest BCUT2D eigenvalue weighted by molar-refractivity contribution is -0.122. The third-order valence-corrected chi connectivity index (χ3v) is 3.30. The van der Waals surface area contributed by atoms with E-state index in [0.717, 1.165) is 30.9 Å². The Morgan fingerprint density at radius 1 is 1.52 bits per heavy atom. The van der Waals surface area contributed by atoms with Crippen molar-refractivity contribution in [2.45, 2.75) is 18.9 Å². The van der Waals surface area contributed by atoms with Gasteiger partial charge in [0.1, 0.15) is 5.75 Å². The fraction of sp³-hybridized carbons (Fsp3) is 0.533. The molecule has 1 aliphatic rings. The molecule has 1 aromatic rings. The van der Waals surface area contributed by atoms with Crippen molar-refractivity contribution >= 4 is 18.3 Å². The molecule has 1 aliphatic heterocycles. The highest BCUT2D eigenvalue weighted by Gasteiger charge is 2.16. The van der Waals surface area contributed by atoms with Crippen molar-refractivity contribution in [1.82, 2.24) is 10.6 Å². The number of morpholine rings is 1. The van der Waals surface area contributed by atoms with Crippen molar-refractivity contribution in [3.05, 3.63) is 29.8 Å². The van der Waals surface area contributed by atoms with Crippen LogP contribution in [-0.2, 0) is 16.0 Å². The molecule has 0 bridgehead atoms. The van der Waals surface area contributed by atoms with Gasteiger partial charge in [0.05, 0.1) is 20.3 Å². The molecule has 1 aromatic carbocycles. The Morgan fingerprint density at radius 3 is 3.10 bits per heavy atom. The SMILES string of the molecule is COc1cccc(CCNC(=O)CC2COCCN2)c1.Cl. The summed E-state index contributed by atoms with van der Waals surface area (Å²) in [5.41, 5.74) is 1.16. The summed E-state index contributed by atoms with van der Waals surface area (Å²) in [6.07, 6.45) is 1.27. The maximum absolute atomic E-state index is 11.8. The first kappa shape index (κ1) is 17.8. The van der Waals surface area contributed by atoms with E-state index in [1.54, 1.807) is 7.11 Å². The summed E-state index contributed by atoms with van der Waals surface area (Å²) in [5, 5.41) is 6.21. The van der Waals surface area contributed by atoms with E-state index < -0.39 is 0 Å². The van der Waals surface area contributed by atoms with Gasteiger partial charge in [0, 0.05) is 25.6 Å². The molecule has 0 aromatic heterocycles. The van der Waals surface area contributed by atoms with Crippen LogP contribution in [0.25, 0.3) is 0 Å². The molecule has 21 heavy (non-hydrogen) atoms. The van der Waals surface area contributed by atoms with Gasteiger partial charge in [0.15, 0.2) is 0 Å². The molecule has 0 radical (unpaired) electrons. The second kappa shape index (κ2) is 9.60. The van der Waals surface area contributed by atoms with Crippen LogP contribution in [0.1, 0.15) is 12.0 Å². The quantitative estimate of drug-likeness (QED) is 0.827. The van der Waals surface area contributed by atoms with Gasteiger partial charge < -0.3 is 20.1 Å². The van der Waals surface area contributed by atoms with Gasteiger partial charge in [0.25, 0.3) is 0 Å². The fourth-order valence-corrected chi connectivity index (χ4v) is 2.22. The summed E-state index contributed by atoms with van der Waals surface area (Å²) in [5.74, 6) is 0.910. The van der Waals surface area contributed by atoms with Crippen LogP contribution in [-0.4, -0.2) is 45.4 Å². The fourth-order valence-electron chi connectivity index (χ4n) is 2.22. The van der Waals surface area contributed by atoms with Gasteiger partial charge in [-0.1, -0.05) is 12.1 Å². The number of benzene rings is 1. The number of amides is 1. The van der Waals surface area contributed by atoms with Gasteiger partial charge in [-0.25, -0.2) is 0 Å². The summed E-state index contributed by atoms with van der Waals surface area (Å²) >= 11 is 0. The molecule has 0 saturated carbocycles. The minimum atomic E-state index is 0. The molecule has 1 atom stereocenters. The van der Waals surface area contributed by atoms with Crippen LogP contribution < -0.4 is 15.4 Å². The number of nitrogens with one attached hydrogen (secondary N) is 2. The number of rotatable bonds is 6. The van der Waals surface area contributed by atoms with Gasteiger partial charge in [0.2, 0.25) is 5.91 Å². The van der Waals surface area contributed by atoms with Crippen molar-refractivity contribution in [3.8, 4) is 5.75 Å². The van der Waals surface area contributed by atoms with E-state index in [1.165, 1.54) is 0 Å². The molecule has 1 amide bonds. The van der Waals surface area contributed by atoms with Crippen molar-refractivity contribution in [2.75, 3.05) is 33.4 Å². The van der Waals surface area contributed by atoms with Crippen LogP contribution in [0.5, 0.6) is 5.75 Å². The first-order valence-electron chi connectivity index (χ1n) is 6.98. The van der Waals surface area contributed by atoms with Gasteiger partial charge >= 0.3 is 0 Å². The maximum Gasteiger partial charge on any atom is 0.221 e. The molecular formula is C15H23ClN2O3. The van der Waals surface area contributed by atoms with E-state index in [1.807, 2.05) is 24.3 Å². The molecule has 2 N–H and O–H groups in total. The number of halogens is 1. The van der Waals surface area contributed by atoms with Crippen LogP contribution in [0, 0.1) is 0 Å². The topological polar surface area (TPSA) is 59.6 Å². The van der Waals surface area contributed by atoms with Gasteiger partial charge in [-0.05, 0) is 24.1 Å². The predicted octanol–water partition coefficient (Wildman–Crippen LogP) is 1.15. The zero-order valence-corrected chi connectivity index (χ0v) is 13.1. The molecule has 1 unspecified atom stereocenters. The highest BCUT2D eigenvalue weighted by atomic mass is 35.5. The average molecular weight is 315 g/mol. The molecule has 6 heteroatoms. The molecule has 0 spiro atoms. The van der Waals surface area contributed by atoms with E-state index >= 15 is 0 Å². The minimum absolute atomic E-state index is 0. The monoisotopic (exact) mass is 314 g/mol. The summed E-state index contributed by atoms with van der Waals surface area (Å²) in [4.78, 5) is 11.8. The van der Waals surface area contributed by atoms with Crippen LogP contribution in [0.3, 0.4) is 0 Å². The van der Waals surface area contributed by atoms with Crippen LogP contribution >= 0.6 is 12.4 Å². The molecule has 5 nitrogen and oxygen atoms in total. The number of carbonyl (C=O) groups excluding carboxylic acids is 1. The zero-order chi connectivity index (χ0) is 14.2. The molecule has 0 aliphatic carbocycles. The molecule has 2 rings (SSSR count). The second-order valence-corrected chi connectivity index (χ2v) is 4.88. The van der Waals surface area contributed by atoms with Crippen molar-refractivity contribution in [3.63, 3.8) is 0 Å². The molecular weight excluding hydrogens is 292 g/mol. The van der Waals surface area contributed by atoms with Crippen molar-refractivity contribution < 1.29 is 14.3 Å². The molecule has 1 fully saturated rings. The average Bonchev–Trinajstić information content (AvgIpc) is 2.48. The lowest BCUT2D eigenvalue weighted by Crippen LogP contribution is -2.44. The van der Waals surface area contributed by atoms with Gasteiger partial charge in [-0.2, -0.15) is 0 Å². The van der Waals surface area contributed by atoms with Crippen LogP contribution in [0.15, 0.2) is 24.3 Å². The van der Waals surface area contributed by atoms with E-state index in [-0.39, 0.29) is 24.4 Å². The van der Waals surface area contributed by atoms with E-state index in [2.05, 4.69) is 10.6 Å². The number of ether oxygens (including phenoxy) is 2. The van der Waals surface area contributed by atoms with Crippen molar-refractivity contribution in [1.29, 1.82) is 0 Å². The first-order chi connectivity index (χ1) is 9.78. The van der Waals surface area contributed by atoms with Gasteiger partial charge in [-0.15, -0.1) is 12.4 Å². The number of hydrogen-bond acceptors (Lipinski definition) is 4. The van der Waals surface area contributed by atoms with Crippen LogP contribution in [0.4, 0.5) is 0 Å².